The van der Waals surface area contributed by atoms with Gasteiger partial charge in [-0.3, -0.25) is 4.79 Å². The van der Waals surface area contributed by atoms with E-state index in [1.807, 2.05) is 0 Å². The second kappa shape index (κ2) is 8.41. The van der Waals surface area contributed by atoms with Crippen molar-refractivity contribution in [3.63, 3.8) is 0 Å². The Hall–Kier alpha value is -2.24. The molecule has 0 radical (unpaired) electrons. The van der Waals surface area contributed by atoms with E-state index in [9.17, 15) is 4.79 Å². The maximum absolute atomic E-state index is 12.2. The smallest absolute Gasteiger partial charge is 0.133 e. The minimum atomic E-state index is -1.98. The first-order valence-electron chi connectivity index (χ1n) is 9.94. The summed E-state index contributed by atoms with van der Waals surface area (Å²) in [5.41, 5.74) is 4.01. The third-order valence-electron chi connectivity index (χ3n) is 5.57. The second-order valence-corrected chi connectivity index (χ2v) is 11.9. The fourth-order valence-corrected chi connectivity index (χ4v) is 8.91. The van der Waals surface area contributed by atoms with Crippen molar-refractivity contribution in [2.75, 3.05) is 0 Å². The molecule has 3 aromatic rings. The number of hydrogen-bond donors (Lipinski definition) is 0. The summed E-state index contributed by atoms with van der Waals surface area (Å²) in [5.74, 6) is 0.253. The monoisotopic (exact) mass is 389 g/mol. The Morgan fingerprint density at radius 1 is 0.679 bits per heavy atom. The van der Waals surface area contributed by atoms with Crippen LogP contribution in [-0.4, -0.2) is 11.4 Å². The lowest BCUT2D eigenvalue weighted by Gasteiger charge is -2.33. The van der Waals surface area contributed by atoms with Crippen LogP contribution in [-0.2, 0) is 4.79 Å². The van der Waals surface area contributed by atoms with Gasteiger partial charge in [0.05, 0.1) is 5.66 Å². The van der Waals surface area contributed by atoms with E-state index in [1.165, 1.54) is 32.6 Å². The Labute approximate surface area is 170 Å². The molecule has 0 amide bonds. The van der Waals surface area contributed by atoms with Crippen LogP contribution >= 0.6 is 7.26 Å². The molecule has 0 bridgehead atoms. The predicted molar refractivity (Wildman–Crippen MR) is 124 cm³/mol. The molecular weight excluding hydrogens is 359 g/mol. The highest BCUT2D eigenvalue weighted by Gasteiger charge is 2.50. The zero-order valence-corrected chi connectivity index (χ0v) is 18.5. The first-order valence-corrected chi connectivity index (χ1v) is 11.8. The SMILES string of the molecule is CC(=O)CC(C)[P+](c1ccc(C)cc1)(c1ccc(C)cc1)c1ccc(C)cc1. The minimum Gasteiger partial charge on any atom is -0.300 e. The van der Waals surface area contributed by atoms with Crippen LogP contribution < -0.4 is 15.9 Å². The third-order valence-corrected chi connectivity index (χ3v) is 10.4. The highest BCUT2D eigenvalue weighted by molar-refractivity contribution is 7.96. The lowest BCUT2D eigenvalue weighted by atomic mass is 10.2. The zero-order valence-electron chi connectivity index (χ0n) is 17.6. The fourth-order valence-electron chi connectivity index (χ4n) is 4.10. The van der Waals surface area contributed by atoms with E-state index < -0.39 is 7.26 Å². The molecule has 0 spiro atoms. The predicted octanol–water partition coefficient (Wildman–Crippen LogP) is 5.27. The third kappa shape index (κ3) is 3.96. The standard InChI is InChI=1S/C26H30OP/c1-19-6-12-24(13-7-19)28(23(5)18-22(4)27,25-14-8-20(2)9-15-25)26-16-10-21(3)11-17-26/h6-17,23H,18H2,1-5H3/q+1. The molecule has 0 aliphatic carbocycles. The number of Topliss-reactive ketones (excluding diaryl/α,β-unsaturated/α-hetero) is 1. The van der Waals surface area contributed by atoms with Crippen molar-refractivity contribution < 1.29 is 4.79 Å². The number of ketones is 1. The molecule has 0 N–H and O–H groups in total. The highest BCUT2D eigenvalue weighted by Crippen LogP contribution is 2.60. The van der Waals surface area contributed by atoms with Crippen LogP contribution in [0.4, 0.5) is 0 Å². The summed E-state index contributed by atoms with van der Waals surface area (Å²) < 4.78 is 0. The first kappa shape index (κ1) is 20.5. The number of aryl methyl sites for hydroxylation is 3. The van der Waals surface area contributed by atoms with Gasteiger partial charge >= 0.3 is 0 Å². The van der Waals surface area contributed by atoms with Gasteiger partial charge in [0, 0.05) is 6.42 Å². The van der Waals surface area contributed by atoms with E-state index >= 15 is 0 Å². The van der Waals surface area contributed by atoms with E-state index in [0.717, 1.165) is 0 Å². The van der Waals surface area contributed by atoms with Gasteiger partial charge in [-0.15, -0.1) is 0 Å². The molecule has 3 aromatic carbocycles. The Kier molecular flexibility index (Phi) is 6.16. The summed E-state index contributed by atoms with van der Waals surface area (Å²) in [6.45, 7) is 10.3. The molecule has 1 atom stereocenters. The van der Waals surface area contributed by atoms with Crippen LogP contribution in [0.2, 0.25) is 0 Å². The molecule has 144 valence electrons. The molecule has 0 aliphatic rings. The van der Waals surface area contributed by atoms with Gasteiger partial charge in [0.1, 0.15) is 29.0 Å². The molecule has 2 heteroatoms. The summed E-state index contributed by atoms with van der Waals surface area (Å²) in [4.78, 5) is 12.2. The van der Waals surface area contributed by atoms with Crippen LogP contribution in [0.15, 0.2) is 72.8 Å². The summed E-state index contributed by atoms with van der Waals surface area (Å²) >= 11 is 0. The van der Waals surface area contributed by atoms with Crippen LogP contribution in [0.1, 0.15) is 37.0 Å². The van der Waals surface area contributed by atoms with Gasteiger partial charge in [-0.1, -0.05) is 53.1 Å². The molecule has 0 heterocycles. The summed E-state index contributed by atoms with van der Waals surface area (Å²) in [7, 11) is -1.98. The van der Waals surface area contributed by atoms with Crippen molar-refractivity contribution in [3.05, 3.63) is 89.5 Å². The van der Waals surface area contributed by atoms with Crippen molar-refractivity contribution in [2.45, 2.75) is 46.7 Å². The largest absolute Gasteiger partial charge is 0.300 e. The molecule has 0 fully saturated rings. The van der Waals surface area contributed by atoms with Crippen LogP contribution in [0.25, 0.3) is 0 Å². The molecule has 0 saturated carbocycles. The second-order valence-electron chi connectivity index (χ2n) is 7.98. The van der Waals surface area contributed by atoms with E-state index in [0.29, 0.717) is 6.42 Å². The van der Waals surface area contributed by atoms with Crippen LogP contribution in [0, 0.1) is 20.8 Å². The average molecular weight is 389 g/mol. The molecule has 1 unspecified atom stereocenters. The highest BCUT2D eigenvalue weighted by atomic mass is 31.2. The van der Waals surface area contributed by atoms with Gasteiger partial charge in [-0.2, -0.15) is 0 Å². The van der Waals surface area contributed by atoms with Gasteiger partial charge in [0.25, 0.3) is 0 Å². The molecule has 0 saturated heterocycles. The minimum absolute atomic E-state index is 0.234. The van der Waals surface area contributed by atoms with E-state index in [2.05, 4.69) is 100 Å². The lowest BCUT2D eigenvalue weighted by Crippen LogP contribution is -2.38. The zero-order chi connectivity index (χ0) is 20.3. The molecule has 0 aliphatic heterocycles. The van der Waals surface area contributed by atoms with Crippen molar-refractivity contribution in [2.24, 2.45) is 0 Å². The lowest BCUT2D eigenvalue weighted by molar-refractivity contribution is -0.116. The van der Waals surface area contributed by atoms with Crippen LogP contribution in [0.3, 0.4) is 0 Å². The van der Waals surface area contributed by atoms with Crippen molar-refractivity contribution >= 4 is 29.0 Å². The van der Waals surface area contributed by atoms with E-state index in [-0.39, 0.29) is 11.4 Å². The molecule has 0 aromatic heterocycles. The fraction of sp³-hybridized carbons (Fsp3) is 0.269. The Morgan fingerprint density at radius 2 is 0.964 bits per heavy atom. The number of benzene rings is 3. The summed E-state index contributed by atoms with van der Waals surface area (Å²) in [6, 6.07) is 26.9. The molecule has 3 rings (SSSR count). The number of hydrogen-bond acceptors (Lipinski definition) is 1. The maximum atomic E-state index is 12.2. The molecule has 1 nitrogen and oxygen atoms in total. The normalized spacial score (nSPS) is 12.6. The van der Waals surface area contributed by atoms with Gasteiger partial charge in [-0.25, -0.2) is 0 Å². The van der Waals surface area contributed by atoms with Gasteiger partial charge < -0.3 is 0 Å². The number of rotatable bonds is 6. The number of carbonyl (C=O) groups excluding carboxylic acids is 1. The molecule has 28 heavy (non-hydrogen) atoms. The van der Waals surface area contributed by atoms with Crippen molar-refractivity contribution in [1.29, 1.82) is 0 Å². The topological polar surface area (TPSA) is 17.1 Å². The van der Waals surface area contributed by atoms with E-state index in [1.54, 1.807) is 6.92 Å². The number of carbonyl (C=O) groups is 1. The maximum Gasteiger partial charge on any atom is 0.133 e. The quantitative estimate of drug-likeness (QED) is 0.525. The van der Waals surface area contributed by atoms with Crippen LogP contribution in [0.5, 0.6) is 0 Å². The van der Waals surface area contributed by atoms with Gasteiger partial charge in [-0.05, 0) is 71.0 Å². The first-order chi connectivity index (χ1) is 13.3. The van der Waals surface area contributed by atoms with Gasteiger partial charge in [0.15, 0.2) is 0 Å². The Balaban J connectivity index is 2.35. The Bertz CT molecular complexity index is 826. The van der Waals surface area contributed by atoms with Gasteiger partial charge in [0.2, 0.25) is 0 Å². The van der Waals surface area contributed by atoms with Crippen molar-refractivity contribution in [3.8, 4) is 0 Å². The van der Waals surface area contributed by atoms with Crippen molar-refractivity contribution in [1.82, 2.24) is 0 Å². The average Bonchev–Trinajstić information content (AvgIpc) is 2.66. The summed E-state index contributed by atoms with van der Waals surface area (Å²) in [5, 5.41) is 4.04. The summed E-state index contributed by atoms with van der Waals surface area (Å²) in [6.07, 6.45) is 0.587. The Morgan fingerprint density at radius 3 is 1.21 bits per heavy atom. The molecular formula is C26H30OP+. The van der Waals surface area contributed by atoms with E-state index in [4.69, 9.17) is 0 Å².